The first kappa shape index (κ1) is 17.9. The highest BCUT2D eigenvalue weighted by atomic mass is 32.2. The minimum absolute atomic E-state index is 0.0511. The molecule has 1 aromatic carbocycles. The summed E-state index contributed by atoms with van der Waals surface area (Å²) in [4.78, 5) is -1.01. The lowest BCUT2D eigenvalue weighted by atomic mass is 10.1. The van der Waals surface area contributed by atoms with Crippen LogP contribution in [0.15, 0.2) is 23.1 Å². The number of alkyl halides is 3. The standard InChI is InChI=1S/C13H17F4NO2S/c1-3-6-18-9(2)7-10-4-5-11(14)8-12(10)21(19,20)13(15,16)17/h4-5,8-9,18H,3,6-7H2,1-2H3. The van der Waals surface area contributed by atoms with Gasteiger partial charge in [0.15, 0.2) is 0 Å². The lowest BCUT2D eigenvalue weighted by Crippen LogP contribution is -2.30. The number of halogens is 4. The van der Waals surface area contributed by atoms with E-state index in [2.05, 4.69) is 5.32 Å². The lowest BCUT2D eigenvalue weighted by molar-refractivity contribution is -0.0436. The molecule has 0 saturated carbocycles. The Morgan fingerprint density at radius 2 is 1.90 bits per heavy atom. The van der Waals surface area contributed by atoms with Gasteiger partial charge in [-0.3, -0.25) is 0 Å². The molecular formula is C13H17F4NO2S. The van der Waals surface area contributed by atoms with Gasteiger partial charge in [0.05, 0.1) is 4.90 Å². The highest BCUT2D eigenvalue weighted by Crippen LogP contribution is 2.33. The van der Waals surface area contributed by atoms with Crippen molar-refractivity contribution in [3.63, 3.8) is 0 Å². The summed E-state index contributed by atoms with van der Waals surface area (Å²) >= 11 is 0. The average molecular weight is 327 g/mol. The second-order valence-electron chi connectivity index (χ2n) is 4.76. The maximum atomic E-state index is 13.2. The number of nitrogens with one attached hydrogen (secondary N) is 1. The van der Waals surface area contributed by atoms with Crippen LogP contribution < -0.4 is 5.32 Å². The van der Waals surface area contributed by atoms with Gasteiger partial charge in [-0.1, -0.05) is 13.0 Å². The Labute approximate surface area is 121 Å². The summed E-state index contributed by atoms with van der Waals surface area (Å²) in [5, 5.41) is 3.04. The Kier molecular flexibility index (Phi) is 5.75. The number of sulfone groups is 1. The van der Waals surface area contributed by atoms with Gasteiger partial charge in [-0.05, 0) is 44.0 Å². The normalized spacial score (nSPS) is 14.2. The van der Waals surface area contributed by atoms with Gasteiger partial charge in [0.2, 0.25) is 0 Å². The highest BCUT2D eigenvalue weighted by Gasteiger charge is 2.48. The Balaban J connectivity index is 3.18. The summed E-state index contributed by atoms with van der Waals surface area (Å²) in [7, 11) is -5.56. The van der Waals surface area contributed by atoms with Crippen LogP contribution in [0, 0.1) is 5.82 Å². The van der Waals surface area contributed by atoms with Gasteiger partial charge >= 0.3 is 5.51 Å². The molecule has 0 heterocycles. The van der Waals surface area contributed by atoms with Crippen LogP contribution in [0.5, 0.6) is 0 Å². The molecule has 0 fully saturated rings. The van der Waals surface area contributed by atoms with Crippen molar-refractivity contribution in [1.29, 1.82) is 0 Å². The number of rotatable bonds is 6. The molecule has 1 N–H and O–H groups in total. The number of hydrogen-bond acceptors (Lipinski definition) is 3. The van der Waals surface area contributed by atoms with Crippen LogP contribution in [0.4, 0.5) is 17.6 Å². The molecule has 0 aromatic heterocycles. The fourth-order valence-electron chi connectivity index (χ4n) is 1.86. The van der Waals surface area contributed by atoms with E-state index in [0.29, 0.717) is 12.6 Å². The molecular weight excluding hydrogens is 310 g/mol. The third kappa shape index (κ3) is 4.41. The van der Waals surface area contributed by atoms with Crippen molar-refractivity contribution in [1.82, 2.24) is 5.32 Å². The van der Waals surface area contributed by atoms with E-state index in [-0.39, 0.29) is 18.0 Å². The van der Waals surface area contributed by atoms with E-state index in [1.54, 1.807) is 6.92 Å². The maximum absolute atomic E-state index is 13.2. The average Bonchev–Trinajstić information content (AvgIpc) is 2.37. The molecule has 0 aliphatic rings. The number of hydrogen-bond donors (Lipinski definition) is 1. The largest absolute Gasteiger partial charge is 0.501 e. The quantitative estimate of drug-likeness (QED) is 0.817. The zero-order valence-corrected chi connectivity index (χ0v) is 12.5. The molecule has 21 heavy (non-hydrogen) atoms. The van der Waals surface area contributed by atoms with Crippen LogP contribution in [0.2, 0.25) is 0 Å². The summed E-state index contributed by atoms with van der Waals surface area (Å²) in [5.74, 6) is -1.02. The zero-order chi connectivity index (χ0) is 16.3. The van der Waals surface area contributed by atoms with Crippen molar-refractivity contribution in [2.45, 2.75) is 43.1 Å². The molecule has 0 amide bonds. The van der Waals surface area contributed by atoms with Crippen LogP contribution in [-0.4, -0.2) is 26.5 Å². The summed E-state index contributed by atoms with van der Waals surface area (Å²) in [5.41, 5.74) is -5.50. The molecule has 0 aliphatic heterocycles. The molecule has 3 nitrogen and oxygen atoms in total. The molecule has 0 aliphatic carbocycles. The van der Waals surface area contributed by atoms with E-state index in [1.807, 2.05) is 6.92 Å². The second-order valence-corrected chi connectivity index (χ2v) is 6.67. The van der Waals surface area contributed by atoms with Gasteiger partial charge < -0.3 is 5.32 Å². The molecule has 1 rings (SSSR count). The monoisotopic (exact) mass is 327 g/mol. The van der Waals surface area contributed by atoms with Crippen molar-refractivity contribution in [3.8, 4) is 0 Å². The Hall–Kier alpha value is -1.15. The van der Waals surface area contributed by atoms with Crippen molar-refractivity contribution in [3.05, 3.63) is 29.6 Å². The molecule has 8 heteroatoms. The first-order valence-corrected chi connectivity index (χ1v) is 7.91. The first-order valence-electron chi connectivity index (χ1n) is 6.42. The molecule has 120 valence electrons. The first-order chi connectivity index (χ1) is 9.59. The predicted octanol–water partition coefficient (Wildman–Crippen LogP) is 3.05. The fourth-order valence-corrected chi connectivity index (χ4v) is 2.88. The molecule has 1 aromatic rings. The van der Waals surface area contributed by atoms with Gasteiger partial charge in [0.25, 0.3) is 9.84 Å². The van der Waals surface area contributed by atoms with E-state index in [4.69, 9.17) is 0 Å². The van der Waals surface area contributed by atoms with Crippen molar-refractivity contribution in [2.75, 3.05) is 6.54 Å². The highest BCUT2D eigenvalue weighted by molar-refractivity contribution is 7.92. The van der Waals surface area contributed by atoms with E-state index in [9.17, 15) is 26.0 Å². The number of benzene rings is 1. The van der Waals surface area contributed by atoms with Crippen molar-refractivity contribution in [2.24, 2.45) is 0 Å². The topological polar surface area (TPSA) is 46.2 Å². The Bertz CT molecular complexity index is 584. The summed E-state index contributed by atoms with van der Waals surface area (Å²) < 4.78 is 74.1. The van der Waals surface area contributed by atoms with E-state index in [0.717, 1.165) is 18.6 Å². The molecule has 1 unspecified atom stereocenters. The smallest absolute Gasteiger partial charge is 0.314 e. The maximum Gasteiger partial charge on any atom is 0.501 e. The van der Waals surface area contributed by atoms with Gasteiger partial charge in [0.1, 0.15) is 5.82 Å². The molecule has 0 bridgehead atoms. The molecule has 0 radical (unpaired) electrons. The second kappa shape index (κ2) is 6.74. The molecule has 1 atom stereocenters. The van der Waals surface area contributed by atoms with Crippen LogP contribution in [-0.2, 0) is 16.3 Å². The van der Waals surface area contributed by atoms with Crippen LogP contribution in [0.25, 0.3) is 0 Å². The van der Waals surface area contributed by atoms with Crippen LogP contribution >= 0.6 is 0 Å². The molecule has 0 spiro atoms. The van der Waals surface area contributed by atoms with Crippen molar-refractivity contribution >= 4 is 9.84 Å². The minimum Gasteiger partial charge on any atom is -0.314 e. The zero-order valence-electron chi connectivity index (χ0n) is 11.7. The summed E-state index contributed by atoms with van der Waals surface area (Å²) in [6.07, 6.45) is 0.895. The predicted molar refractivity (Wildman–Crippen MR) is 71.1 cm³/mol. The Morgan fingerprint density at radius 3 is 2.43 bits per heavy atom. The van der Waals surface area contributed by atoms with E-state index in [1.165, 1.54) is 0 Å². The summed E-state index contributed by atoms with van der Waals surface area (Å²) in [6, 6.07) is 2.23. The van der Waals surface area contributed by atoms with Crippen LogP contribution in [0.1, 0.15) is 25.8 Å². The third-order valence-corrected chi connectivity index (χ3v) is 4.46. The van der Waals surface area contributed by atoms with Gasteiger partial charge in [0, 0.05) is 6.04 Å². The third-order valence-electron chi connectivity index (χ3n) is 2.89. The lowest BCUT2D eigenvalue weighted by Gasteiger charge is -2.17. The van der Waals surface area contributed by atoms with E-state index < -0.39 is 26.1 Å². The molecule has 0 saturated heterocycles. The Morgan fingerprint density at radius 1 is 1.29 bits per heavy atom. The fraction of sp³-hybridized carbons (Fsp3) is 0.538. The van der Waals surface area contributed by atoms with Crippen LogP contribution in [0.3, 0.4) is 0 Å². The SMILES string of the molecule is CCCNC(C)Cc1ccc(F)cc1S(=O)(=O)C(F)(F)F. The van der Waals surface area contributed by atoms with Crippen molar-refractivity contribution < 1.29 is 26.0 Å². The van der Waals surface area contributed by atoms with Gasteiger partial charge in [-0.25, -0.2) is 12.8 Å². The van der Waals surface area contributed by atoms with Gasteiger partial charge in [-0.15, -0.1) is 0 Å². The van der Waals surface area contributed by atoms with E-state index >= 15 is 0 Å². The van der Waals surface area contributed by atoms with Gasteiger partial charge in [-0.2, -0.15) is 13.2 Å². The summed E-state index contributed by atoms with van der Waals surface area (Å²) in [6.45, 7) is 4.31. The minimum atomic E-state index is -5.56.